The van der Waals surface area contributed by atoms with E-state index in [4.69, 9.17) is 9.84 Å². The summed E-state index contributed by atoms with van der Waals surface area (Å²) in [5.41, 5.74) is 1.66. The number of aromatic nitrogens is 1. The molecular formula is C15H13NO4. The number of H-pyrrole nitrogens is 1. The molecule has 5 nitrogen and oxygen atoms in total. The summed E-state index contributed by atoms with van der Waals surface area (Å²) < 4.78 is 5.26. The monoisotopic (exact) mass is 271 g/mol. The van der Waals surface area contributed by atoms with Crippen LogP contribution in [-0.2, 0) is 4.74 Å². The van der Waals surface area contributed by atoms with Gasteiger partial charge in [-0.15, -0.1) is 0 Å². The molecule has 0 aliphatic carbocycles. The van der Waals surface area contributed by atoms with Crippen LogP contribution in [0.25, 0.3) is 16.3 Å². The van der Waals surface area contributed by atoms with Crippen molar-refractivity contribution in [2.24, 2.45) is 0 Å². The van der Waals surface area contributed by atoms with Crippen molar-refractivity contribution in [3.63, 3.8) is 0 Å². The molecule has 1 aromatic heterocycles. The maximum absolute atomic E-state index is 12.0. The molecule has 0 unspecified atom stereocenters. The number of carboxylic acids is 1. The Morgan fingerprint density at radius 1 is 1.30 bits per heavy atom. The molecule has 0 amide bonds. The molecule has 0 saturated heterocycles. The minimum absolute atomic E-state index is 0.0967. The number of carboxylic acid groups (broad SMARTS) is 1. The molecule has 0 atom stereocenters. The standard InChI is InChI=1S/C15H13NO4/c17-14-12-7-10(9-3-5-20-6-4-9)1-2-11(12)8-13(16-14)15(18)19/h1-3,7-8H,4-6H2,(H,16,17)(H,18,19). The van der Waals surface area contributed by atoms with Gasteiger partial charge in [0, 0.05) is 5.39 Å². The fourth-order valence-electron chi connectivity index (χ4n) is 2.36. The summed E-state index contributed by atoms with van der Waals surface area (Å²) in [5, 5.41) is 10.1. The molecule has 1 aliphatic rings. The van der Waals surface area contributed by atoms with Crippen molar-refractivity contribution in [1.29, 1.82) is 0 Å². The Kier molecular flexibility index (Phi) is 3.12. The molecule has 0 saturated carbocycles. The molecule has 2 heterocycles. The second-order valence-electron chi connectivity index (χ2n) is 4.67. The number of hydrogen-bond acceptors (Lipinski definition) is 3. The first kappa shape index (κ1) is 12.6. The van der Waals surface area contributed by atoms with Gasteiger partial charge in [-0.1, -0.05) is 18.2 Å². The quantitative estimate of drug-likeness (QED) is 0.875. The van der Waals surface area contributed by atoms with E-state index in [0.717, 1.165) is 17.6 Å². The highest BCUT2D eigenvalue weighted by Crippen LogP contribution is 2.24. The smallest absolute Gasteiger partial charge is 0.352 e. The Balaban J connectivity index is 2.14. The normalized spacial score (nSPS) is 15.1. The van der Waals surface area contributed by atoms with Gasteiger partial charge in [-0.3, -0.25) is 4.79 Å². The van der Waals surface area contributed by atoms with Gasteiger partial charge in [0.05, 0.1) is 13.2 Å². The van der Waals surface area contributed by atoms with Crippen molar-refractivity contribution < 1.29 is 14.6 Å². The number of aromatic carboxylic acids is 1. The van der Waals surface area contributed by atoms with Crippen LogP contribution in [0.1, 0.15) is 22.5 Å². The van der Waals surface area contributed by atoms with Crippen molar-refractivity contribution in [3.05, 3.63) is 52.0 Å². The first-order valence-electron chi connectivity index (χ1n) is 6.33. The second-order valence-corrected chi connectivity index (χ2v) is 4.67. The minimum atomic E-state index is -1.14. The zero-order valence-electron chi connectivity index (χ0n) is 10.7. The van der Waals surface area contributed by atoms with Gasteiger partial charge in [-0.25, -0.2) is 4.79 Å². The number of aromatic amines is 1. The van der Waals surface area contributed by atoms with Crippen molar-refractivity contribution in [1.82, 2.24) is 4.98 Å². The maximum atomic E-state index is 12.0. The zero-order chi connectivity index (χ0) is 14.1. The summed E-state index contributed by atoms with van der Waals surface area (Å²) in [4.78, 5) is 25.3. The fraction of sp³-hybridized carbons (Fsp3) is 0.200. The van der Waals surface area contributed by atoms with Crippen LogP contribution >= 0.6 is 0 Å². The predicted molar refractivity (Wildman–Crippen MR) is 74.9 cm³/mol. The number of fused-ring (bicyclic) bond motifs is 1. The summed E-state index contributed by atoms with van der Waals surface area (Å²) in [5.74, 6) is -1.14. The molecule has 102 valence electrons. The fourth-order valence-corrected chi connectivity index (χ4v) is 2.36. The molecule has 0 bridgehead atoms. The number of rotatable bonds is 2. The molecule has 0 fully saturated rings. The van der Waals surface area contributed by atoms with E-state index < -0.39 is 5.97 Å². The average molecular weight is 271 g/mol. The number of carbonyl (C=O) groups is 1. The number of pyridine rings is 1. The van der Waals surface area contributed by atoms with Gasteiger partial charge in [0.2, 0.25) is 0 Å². The first-order valence-corrected chi connectivity index (χ1v) is 6.33. The van der Waals surface area contributed by atoms with Gasteiger partial charge in [0.25, 0.3) is 5.56 Å². The number of benzene rings is 1. The van der Waals surface area contributed by atoms with Gasteiger partial charge in [-0.2, -0.15) is 0 Å². The van der Waals surface area contributed by atoms with Crippen LogP contribution in [-0.4, -0.2) is 29.3 Å². The Hall–Kier alpha value is -2.40. The summed E-state index contributed by atoms with van der Waals surface area (Å²) in [6, 6.07) is 6.96. The number of ether oxygens (including phenoxy) is 1. The molecule has 3 rings (SSSR count). The summed E-state index contributed by atoms with van der Waals surface area (Å²) >= 11 is 0. The maximum Gasteiger partial charge on any atom is 0.352 e. The number of nitrogens with one attached hydrogen (secondary N) is 1. The second kappa shape index (κ2) is 4.94. The summed E-state index contributed by atoms with van der Waals surface area (Å²) in [6.07, 6.45) is 2.82. The van der Waals surface area contributed by atoms with E-state index in [1.807, 2.05) is 12.1 Å². The van der Waals surface area contributed by atoms with Crippen LogP contribution in [0.4, 0.5) is 0 Å². The molecule has 0 radical (unpaired) electrons. The highest BCUT2D eigenvalue weighted by atomic mass is 16.5. The van der Waals surface area contributed by atoms with Crippen LogP contribution in [0.5, 0.6) is 0 Å². The third-order valence-electron chi connectivity index (χ3n) is 3.41. The first-order chi connectivity index (χ1) is 9.65. The molecule has 5 heteroatoms. The number of hydrogen-bond donors (Lipinski definition) is 2. The topological polar surface area (TPSA) is 79.4 Å². The Morgan fingerprint density at radius 3 is 2.85 bits per heavy atom. The third kappa shape index (κ3) is 2.23. The average Bonchev–Trinajstić information content (AvgIpc) is 2.47. The van der Waals surface area contributed by atoms with Crippen LogP contribution in [0.15, 0.2) is 35.1 Å². The summed E-state index contributed by atoms with van der Waals surface area (Å²) in [7, 11) is 0. The van der Waals surface area contributed by atoms with E-state index in [9.17, 15) is 9.59 Å². The lowest BCUT2D eigenvalue weighted by Gasteiger charge is -2.14. The highest BCUT2D eigenvalue weighted by Gasteiger charge is 2.11. The van der Waals surface area contributed by atoms with E-state index >= 15 is 0 Å². The van der Waals surface area contributed by atoms with Gasteiger partial charge in [-0.05, 0) is 35.1 Å². The van der Waals surface area contributed by atoms with Crippen molar-refractivity contribution in [2.75, 3.05) is 13.2 Å². The van der Waals surface area contributed by atoms with E-state index in [-0.39, 0.29) is 11.3 Å². The van der Waals surface area contributed by atoms with Crippen LogP contribution in [0.2, 0.25) is 0 Å². The molecule has 1 aromatic carbocycles. The van der Waals surface area contributed by atoms with Crippen molar-refractivity contribution >= 4 is 22.3 Å². The SMILES string of the molecule is O=C(O)c1cc2ccc(C3=CCOCC3)cc2c(=O)[nH]1. The Labute approximate surface area is 114 Å². The van der Waals surface area contributed by atoms with E-state index in [0.29, 0.717) is 24.0 Å². The lowest BCUT2D eigenvalue weighted by molar-refractivity contribution is 0.0690. The minimum Gasteiger partial charge on any atom is -0.477 e. The van der Waals surface area contributed by atoms with Crippen LogP contribution in [0, 0.1) is 0 Å². The van der Waals surface area contributed by atoms with E-state index in [1.165, 1.54) is 6.07 Å². The highest BCUT2D eigenvalue weighted by molar-refractivity contribution is 5.93. The van der Waals surface area contributed by atoms with E-state index in [1.54, 1.807) is 12.1 Å². The van der Waals surface area contributed by atoms with Gasteiger partial charge in [0.15, 0.2) is 0 Å². The largest absolute Gasteiger partial charge is 0.477 e. The van der Waals surface area contributed by atoms with Crippen LogP contribution < -0.4 is 5.56 Å². The molecule has 0 spiro atoms. The molecular weight excluding hydrogens is 258 g/mol. The van der Waals surface area contributed by atoms with Gasteiger partial charge < -0.3 is 14.8 Å². The third-order valence-corrected chi connectivity index (χ3v) is 3.41. The van der Waals surface area contributed by atoms with Crippen LogP contribution in [0.3, 0.4) is 0 Å². The van der Waals surface area contributed by atoms with Gasteiger partial charge in [0.1, 0.15) is 5.69 Å². The van der Waals surface area contributed by atoms with Gasteiger partial charge >= 0.3 is 5.97 Å². The Bertz CT molecular complexity index is 773. The van der Waals surface area contributed by atoms with Crippen molar-refractivity contribution in [3.8, 4) is 0 Å². The zero-order valence-corrected chi connectivity index (χ0v) is 10.7. The predicted octanol–water partition coefficient (Wildman–Crippen LogP) is 2.03. The lowest BCUT2D eigenvalue weighted by Crippen LogP contribution is -2.13. The molecule has 2 N–H and O–H groups in total. The lowest BCUT2D eigenvalue weighted by atomic mass is 9.99. The van der Waals surface area contributed by atoms with Crippen molar-refractivity contribution in [2.45, 2.75) is 6.42 Å². The molecule has 2 aromatic rings. The van der Waals surface area contributed by atoms with E-state index in [2.05, 4.69) is 4.98 Å². The Morgan fingerprint density at radius 2 is 2.15 bits per heavy atom. The summed E-state index contributed by atoms with van der Waals surface area (Å²) in [6.45, 7) is 1.26. The molecule has 1 aliphatic heterocycles. The molecule has 20 heavy (non-hydrogen) atoms.